The molecule has 0 aliphatic heterocycles. The van der Waals surface area contributed by atoms with E-state index in [0.717, 1.165) is 11.2 Å². The molecule has 0 bridgehead atoms. The van der Waals surface area contributed by atoms with Crippen LogP contribution in [0.3, 0.4) is 0 Å². The van der Waals surface area contributed by atoms with Crippen LogP contribution in [0.15, 0.2) is 36.4 Å². The fraction of sp³-hybridized carbons (Fsp3) is 0. The Balaban J connectivity index is 0.000000231. The van der Waals surface area contributed by atoms with Crippen LogP contribution < -0.4 is 0 Å². The Morgan fingerprint density at radius 2 is 1.24 bits per heavy atom. The van der Waals surface area contributed by atoms with Crippen LogP contribution in [-0.4, -0.2) is 4.98 Å². The summed E-state index contributed by atoms with van der Waals surface area (Å²) < 4.78 is 0. The number of aromatic nitrogens is 1. The summed E-state index contributed by atoms with van der Waals surface area (Å²) in [5.41, 5.74) is 2.09. The zero-order chi connectivity index (χ0) is 13.6. The van der Waals surface area contributed by atoms with Gasteiger partial charge in [-0.1, -0.05) is 24.3 Å². The SMILES string of the molecule is [CH]1[CH][CH][CH][CH]1.[CH]1[CH][CH][C](c2ccc3ccccc3n2)[CH]1.[Fe+2]. The van der Waals surface area contributed by atoms with E-state index in [1.807, 2.05) is 63.1 Å². The summed E-state index contributed by atoms with van der Waals surface area (Å²) in [5.74, 6) is 1.18. The molecule has 2 fully saturated rings. The molecule has 0 N–H and O–H groups in total. The maximum atomic E-state index is 4.62. The smallest absolute Gasteiger partial charge is 0.252 e. The number of nitrogens with zero attached hydrogens (tertiary/aromatic N) is 1. The maximum Gasteiger partial charge on any atom is 2.00 e. The summed E-state index contributed by atoms with van der Waals surface area (Å²) in [7, 11) is 0. The first-order chi connectivity index (χ1) is 9.93. The molecule has 4 rings (SSSR count). The van der Waals surface area contributed by atoms with Crippen LogP contribution >= 0.6 is 0 Å². The van der Waals surface area contributed by atoms with Gasteiger partial charge in [0.1, 0.15) is 0 Å². The Labute approximate surface area is 139 Å². The average molecular weight is 313 g/mol. The van der Waals surface area contributed by atoms with Gasteiger partial charge in [-0.15, -0.1) is 0 Å². The zero-order valence-corrected chi connectivity index (χ0v) is 12.6. The third-order valence-corrected chi connectivity index (χ3v) is 3.11. The first-order valence-electron chi connectivity index (χ1n) is 6.68. The van der Waals surface area contributed by atoms with Crippen LogP contribution in [0.5, 0.6) is 0 Å². The van der Waals surface area contributed by atoms with Crippen molar-refractivity contribution in [2.45, 2.75) is 0 Å². The second-order valence-corrected chi connectivity index (χ2v) is 4.53. The van der Waals surface area contributed by atoms with Crippen molar-refractivity contribution in [3.8, 4) is 0 Å². The minimum absolute atomic E-state index is 0. The molecule has 21 heavy (non-hydrogen) atoms. The quantitative estimate of drug-likeness (QED) is 0.725. The molecule has 2 heteroatoms. The third-order valence-electron chi connectivity index (χ3n) is 3.11. The average Bonchev–Trinajstić information content (AvgIpc) is 3.22. The second-order valence-electron chi connectivity index (χ2n) is 4.53. The minimum atomic E-state index is 0. The molecule has 0 saturated heterocycles. The number of pyridine rings is 1. The van der Waals surface area contributed by atoms with Crippen LogP contribution in [0.25, 0.3) is 10.9 Å². The zero-order valence-electron chi connectivity index (χ0n) is 11.5. The van der Waals surface area contributed by atoms with Crippen LogP contribution in [0, 0.1) is 63.7 Å². The van der Waals surface area contributed by atoms with E-state index < -0.39 is 0 Å². The Hall–Kier alpha value is -0.851. The first kappa shape index (κ1) is 16.5. The van der Waals surface area contributed by atoms with Crippen molar-refractivity contribution < 1.29 is 17.1 Å². The molecular weight excluding hydrogens is 298 g/mol. The molecule has 1 heterocycles. The van der Waals surface area contributed by atoms with Crippen molar-refractivity contribution in [2.24, 2.45) is 0 Å². The molecule has 0 spiro atoms. The van der Waals surface area contributed by atoms with E-state index >= 15 is 0 Å². The van der Waals surface area contributed by atoms with Gasteiger partial charge >= 0.3 is 17.1 Å². The van der Waals surface area contributed by atoms with Crippen LogP contribution in [0.1, 0.15) is 5.69 Å². The van der Waals surface area contributed by atoms with Gasteiger partial charge in [-0.05, 0) is 69.9 Å². The van der Waals surface area contributed by atoms with Gasteiger partial charge in [0.2, 0.25) is 0 Å². The van der Waals surface area contributed by atoms with Crippen molar-refractivity contribution in [3.63, 3.8) is 0 Å². The first-order valence-corrected chi connectivity index (χ1v) is 6.68. The van der Waals surface area contributed by atoms with Gasteiger partial charge in [0.15, 0.2) is 0 Å². The molecule has 0 amide bonds. The van der Waals surface area contributed by atoms with Gasteiger partial charge < -0.3 is 0 Å². The van der Waals surface area contributed by atoms with Gasteiger partial charge in [-0.25, -0.2) is 0 Å². The Morgan fingerprint density at radius 3 is 1.90 bits per heavy atom. The van der Waals surface area contributed by atoms with E-state index in [0.29, 0.717) is 0 Å². The van der Waals surface area contributed by atoms with E-state index in [1.165, 1.54) is 11.3 Å². The van der Waals surface area contributed by atoms with Gasteiger partial charge in [0.05, 0.1) is 5.52 Å². The van der Waals surface area contributed by atoms with Crippen molar-refractivity contribution in [1.82, 2.24) is 4.98 Å². The summed E-state index contributed by atoms with van der Waals surface area (Å²) in [4.78, 5) is 4.62. The molecule has 1 nitrogen and oxygen atoms in total. The van der Waals surface area contributed by atoms with E-state index in [-0.39, 0.29) is 17.1 Å². The minimum Gasteiger partial charge on any atom is -0.252 e. The molecule has 1 aromatic carbocycles. The number of benzene rings is 1. The second kappa shape index (κ2) is 8.56. The largest absolute Gasteiger partial charge is 2.00 e. The summed E-state index contributed by atoms with van der Waals surface area (Å²) in [6.07, 6.45) is 18.2. The van der Waals surface area contributed by atoms with Gasteiger partial charge in [0, 0.05) is 17.0 Å². The fourth-order valence-electron chi connectivity index (χ4n) is 2.09. The normalized spacial score (nSPS) is 18.1. The monoisotopic (exact) mass is 313 g/mol. The maximum absolute atomic E-state index is 4.62. The van der Waals surface area contributed by atoms with E-state index in [2.05, 4.69) is 36.0 Å². The molecule has 0 unspecified atom stereocenters. The summed E-state index contributed by atoms with van der Waals surface area (Å²) >= 11 is 0. The molecule has 2 aliphatic carbocycles. The van der Waals surface area contributed by atoms with E-state index in [9.17, 15) is 0 Å². The summed E-state index contributed by atoms with van der Waals surface area (Å²) in [6, 6.07) is 12.4. The fourth-order valence-corrected chi connectivity index (χ4v) is 2.09. The predicted molar refractivity (Wildman–Crippen MR) is 82.8 cm³/mol. The molecule has 0 atom stereocenters. The van der Waals surface area contributed by atoms with Crippen molar-refractivity contribution in [1.29, 1.82) is 0 Å². The van der Waals surface area contributed by atoms with Crippen molar-refractivity contribution in [3.05, 3.63) is 106 Å². The molecule has 102 valence electrons. The van der Waals surface area contributed by atoms with Crippen LogP contribution in [-0.2, 0) is 17.1 Å². The van der Waals surface area contributed by atoms with Crippen molar-refractivity contribution in [2.75, 3.05) is 0 Å². The molecular formula is C19H15FeN+2. The summed E-state index contributed by atoms with van der Waals surface area (Å²) in [6.45, 7) is 0. The number of hydrogen-bond donors (Lipinski definition) is 0. The van der Waals surface area contributed by atoms with Crippen molar-refractivity contribution >= 4 is 10.9 Å². The number of hydrogen-bond acceptors (Lipinski definition) is 1. The van der Waals surface area contributed by atoms with Crippen LogP contribution in [0.4, 0.5) is 0 Å². The molecule has 1 aromatic heterocycles. The van der Waals surface area contributed by atoms with E-state index in [1.54, 1.807) is 0 Å². The van der Waals surface area contributed by atoms with Crippen LogP contribution in [0.2, 0.25) is 0 Å². The molecule has 2 aliphatic rings. The molecule has 2 saturated carbocycles. The number of fused-ring (bicyclic) bond motifs is 1. The summed E-state index contributed by atoms with van der Waals surface area (Å²) in [5, 5.41) is 1.19. The number of rotatable bonds is 1. The molecule has 10 radical (unpaired) electrons. The topological polar surface area (TPSA) is 12.9 Å². The number of para-hydroxylation sites is 1. The van der Waals surface area contributed by atoms with Gasteiger partial charge in [-0.3, -0.25) is 4.98 Å². The van der Waals surface area contributed by atoms with E-state index in [4.69, 9.17) is 0 Å². The Kier molecular flexibility index (Phi) is 6.73. The third kappa shape index (κ3) is 4.56. The molecule has 2 aromatic rings. The van der Waals surface area contributed by atoms with Gasteiger partial charge in [0.25, 0.3) is 0 Å². The Morgan fingerprint density at radius 1 is 0.619 bits per heavy atom. The predicted octanol–water partition coefficient (Wildman–Crippen LogP) is 4.01. The standard InChI is InChI=1S/C14H10N.C5H5.Fe/c1-2-6-11(5-1)14-10-9-12-7-3-4-8-13(12)15-14;1-2-4-5-3-1;/h1-10H;1-5H;/q;;+2. The Bertz CT molecular complexity index is 534. The van der Waals surface area contributed by atoms with Gasteiger partial charge in [-0.2, -0.15) is 0 Å².